The molecule has 0 aliphatic heterocycles. The molecule has 116 valence electrons. The SMILES string of the molecule is COc1c(OC(C)=O)cc(N)c(C[C@@H](C)OC(C)=O)c1C. The number of esters is 2. The van der Waals surface area contributed by atoms with E-state index >= 15 is 0 Å². The zero-order valence-corrected chi connectivity index (χ0v) is 13.0. The number of nitrogen functional groups attached to an aromatic ring is 1. The second-order valence-corrected chi connectivity index (χ2v) is 4.82. The van der Waals surface area contributed by atoms with E-state index in [1.54, 1.807) is 13.0 Å². The van der Waals surface area contributed by atoms with Gasteiger partial charge in [-0.25, -0.2) is 0 Å². The molecular weight excluding hydrogens is 274 g/mol. The normalized spacial score (nSPS) is 11.7. The lowest BCUT2D eigenvalue weighted by Gasteiger charge is -2.19. The summed E-state index contributed by atoms with van der Waals surface area (Å²) in [6.07, 6.45) is 0.140. The molecule has 0 aromatic heterocycles. The van der Waals surface area contributed by atoms with Gasteiger partial charge in [0.2, 0.25) is 0 Å². The lowest BCUT2D eigenvalue weighted by molar-refractivity contribution is -0.145. The average Bonchev–Trinajstić information content (AvgIpc) is 2.33. The Morgan fingerprint density at radius 2 is 1.90 bits per heavy atom. The van der Waals surface area contributed by atoms with Gasteiger partial charge in [0.25, 0.3) is 0 Å². The fraction of sp³-hybridized carbons (Fsp3) is 0.467. The highest BCUT2D eigenvalue weighted by Gasteiger charge is 2.19. The molecule has 1 atom stereocenters. The van der Waals surface area contributed by atoms with Gasteiger partial charge in [0, 0.05) is 37.6 Å². The number of hydrogen-bond donors (Lipinski definition) is 1. The molecule has 6 nitrogen and oxygen atoms in total. The van der Waals surface area contributed by atoms with E-state index in [1.165, 1.54) is 21.0 Å². The lowest BCUT2D eigenvalue weighted by Crippen LogP contribution is -2.17. The molecule has 0 fully saturated rings. The van der Waals surface area contributed by atoms with Crippen LogP contribution in [0.1, 0.15) is 31.9 Å². The van der Waals surface area contributed by atoms with Gasteiger partial charge in [0.1, 0.15) is 6.10 Å². The van der Waals surface area contributed by atoms with Gasteiger partial charge in [-0.1, -0.05) is 0 Å². The van der Waals surface area contributed by atoms with Gasteiger partial charge >= 0.3 is 11.9 Å². The van der Waals surface area contributed by atoms with Crippen LogP contribution in [0, 0.1) is 6.92 Å². The van der Waals surface area contributed by atoms with Crippen LogP contribution in [0.3, 0.4) is 0 Å². The van der Waals surface area contributed by atoms with E-state index in [0.717, 1.165) is 11.1 Å². The predicted octanol–water partition coefficient (Wildman–Crippen LogP) is 2.01. The maximum Gasteiger partial charge on any atom is 0.308 e. The number of nitrogens with two attached hydrogens (primary N) is 1. The van der Waals surface area contributed by atoms with E-state index in [2.05, 4.69) is 0 Å². The van der Waals surface area contributed by atoms with Crippen molar-refractivity contribution in [3.05, 3.63) is 17.2 Å². The van der Waals surface area contributed by atoms with Crippen LogP contribution < -0.4 is 15.2 Å². The fourth-order valence-electron chi connectivity index (χ4n) is 2.20. The third-order valence-electron chi connectivity index (χ3n) is 2.97. The lowest BCUT2D eigenvalue weighted by atomic mass is 9.99. The number of methoxy groups -OCH3 is 1. The largest absolute Gasteiger partial charge is 0.493 e. The molecule has 6 heteroatoms. The Bertz CT molecular complexity index is 553. The summed E-state index contributed by atoms with van der Waals surface area (Å²) < 4.78 is 15.5. The number of benzene rings is 1. The van der Waals surface area contributed by atoms with Crippen LogP contribution in [0.4, 0.5) is 5.69 Å². The van der Waals surface area contributed by atoms with Crippen molar-refractivity contribution in [1.82, 2.24) is 0 Å². The molecule has 0 heterocycles. The van der Waals surface area contributed by atoms with Gasteiger partial charge in [-0.3, -0.25) is 9.59 Å². The average molecular weight is 295 g/mol. The molecule has 0 amide bonds. The highest BCUT2D eigenvalue weighted by atomic mass is 16.6. The first-order valence-electron chi connectivity index (χ1n) is 6.57. The molecule has 0 radical (unpaired) electrons. The third-order valence-corrected chi connectivity index (χ3v) is 2.97. The Morgan fingerprint density at radius 1 is 1.29 bits per heavy atom. The van der Waals surface area contributed by atoms with E-state index in [9.17, 15) is 9.59 Å². The Morgan fingerprint density at radius 3 is 2.38 bits per heavy atom. The first-order valence-corrected chi connectivity index (χ1v) is 6.57. The molecule has 1 aromatic carbocycles. The summed E-state index contributed by atoms with van der Waals surface area (Å²) in [7, 11) is 1.49. The van der Waals surface area contributed by atoms with Crippen molar-refractivity contribution in [3.8, 4) is 11.5 Å². The zero-order valence-electron chi connectivity index (χ0n) is 13.0. The number of hydrogen-bond acceptors (Lipinski definition) is 6. The zero-order chi connectivity index (χ0) is 16.2. The maximum absolute atomic E-state index is 11.1. The topological polar surface area (TPSA) is 87.8 Å². The molecule has 1 rings (SSSR count). The van der Waals surface area contributed by atoms with Crippen molar-refractivity contribution >= 4 is 17.6 Å². The van der Waals surface area contributed by atoms with Crippen LogP contribution >= 0.6 is 0 Å². The maximum atomic E-state index is 11.1. The van der Waals surface area contributed by atoms with E-state index in [4.69, 9.17) is 19.9 Å². The molecule has 0 aliphatic rings. The minimum absolute atomic E-state index is 0.281. The van der Waals surface area contributed by atoms with Gasteiger partial charge < -0.3 is 19.9 Å². The summed E-state index contributed by atoms with van der Waals surface area (Å²) in [4.78, 5) is 22.1. The monoisotopic (exact) mass is 295 g/mol. The number of ether oxygens (including phenoxy) is 3. The first kappa shape index (κ1) is 16.8. The number of carbonyl (C=O) groups is 2. The van der Waals surface area contributed by atoms with Crippen LogP contribution in [0.15, 0.2) is 6.07 Å². The Hall–Kier alpha value is -2.24. The Kier molecular flexibility index (Phi) is 5.58. The van der Waals surface area contributed by atoms with Crippen molar-refractivity contribution < 1.29 is 23.8 Å². The van der Waals surface area contributed by atoms with Crippen molar-refractivity contribution in [1.29, 1.82) is 0 Å². The Balaban J connectivity index is 3.16. The van der Waals surface area contributed by atoms with Gasteiger partial charge in [-0.05, 0) is 19.4 Å². The van der Waals surface area contributed by atoms with Crippen molar-refractivity contribution in [2.45, 2.75) is 40.2 Å². The van der Waals surface area contributed by atoms with E-state index < -0.39 is 5.97 Å². The molecule has 0 aliphatic carbocycles. The summed E-state index contributed by atoms with van der Waals surface area (Å²) in [5.74, 6) is -0.0660. The van der Waals surface area contributed by atoms with Gasteiger partial charge in [0.05, 0.1) is 7.11 Å². The smallest absolute Gasteiger partial charge is 0.308 e. The summed E-state index contributed by atoms with van der Waals surface area (Å²) in [6.45, 7) is 6.27. The fourth-order valence-corrected chi connectivity index (χ4v) is 2.20. The van der Waals surface area contributed by atoms with Gasteiger partial charge in [0.15, 0.2) is 11.5 Å². The van der Waals surface area contributed by atoms with Crippen LogP contribution in [0.25, 0.3) is 0 Å². The molecule has 0 saturated carbocycles. The summed E-state index contributed by atoms with van der Waals surface area (Å²) in [5.41, 5.74) is 8.03. The van der Waals surface area contributed by atoms with E-state index in [-0.39, 0.29) is 17.8 Å². The second-order valence-electron chi connectivity index (χ2n) is 4.82. The van der Waals surface area contributed by atoms with E-state index in [1.807, 2.05) is 6.92 Å². The molecule has 0 bridgehead atoms. The van der Waals surface area contributed by atoms with Crippen molar-refractivity contribution in [3.63, 3.8) is 0 Å². The van der Waals surface area contributed by atoms with Gasteiger partial charge in [-0.2, -0.15) is 0 Å². The molecule has 1 aromatic rings. The molecule has 0 saturated heterocycles. The van der Waals surface area contributed by atoms with Crippen molar-refractivity contribution in [2.24, 2.45) is 0 Å². The quantitative estimate of drug-likeness (QED) is 0.508. The minimum atomic E-state index is -0.451. The first-order chi connectivity index (χ1) is 9.76. The van der Waals surface area contributed by atoms with Crippen molar-refractivity contribution in [2.75, 3.05) is 12.8 Å². The van der Waals surface area contributed by atoms with Crippen LogP contribution in [0.5, 0.6) is 11.5 Å². The molecule has 2 N–H and O–H groups in total. The second kappa shape index (κ2) is 6.97. The third kappa shape index (κ3) is 4.37. The van der Waals surface area contributed by atoms with Crippen LogP contribution in [-0.4, -0.2) is 25.2 Å². The van der Waals surface area contributed by atoms with Gasteiger partial charge in [-0.15, -0.1) is 0 Å². The minimum Gasteiger partial charge on any atom is -0.493 e. The summed E-state index contributed by atoms with van der Waals surface area (Å²) in [5, 5.41) is 0. The standard InChI is InChI=1S/C15H21NO5/c1-8(20-10(3)17)6-12-9(2)15(19-5)14(7-13(12)16)21-11(4)18/h7-8H,6,16H2,1-5H3/t8-/m1/s1. The number of anilines is 1. The molecule has 0 spiro atoms. The number of carbonyl (C=O) groups excluding carboxylic acids is 2. The molecule has 21 heavy (non-hydrogen) atoms. The Labute approximate surface area is 124 Å². The summed E-state index contributed by atoms with van der Waals surface area (Å²) in [6, 6.07) is 1.54. The molecular formula is C15H21NO5. The molecule has 0 unspecified atom stereocenters. The highest BCUT2D eigenvalue weighted by molar-refractivity contribution is 5.73. The van der Waals surface area contributed by atoms with Crippen LogP contribution in [-0.2, 0) is 20.7 Å². The highest BCUT2D eigenvalue weighted by Crippen LogP contribution is 2.37. The van der Waals surface area contributed by atoms with E-state index in [0.29, 0.717) is 17.9 Å². The van der Waals surface area contributed by atoms with Crippen LogP contribution in [0.2, 0.25) is 0 Å². The number of rotatable bonds is 5. The predicted molar refractivity (Wildman–Crippen MR) is 78.4 cm³/mol. The summed E-state index contributed by atoms with van der Waals surface area (Å²) >= 11 is 0.